The van der Waals surface area contributed by atoms with E-state index in [0.717, 1.165) is 54.7 Å². The number of hydrogen-bond acceptors (Lipinski definition) is 2. The molecule has 0 amide bonds. The summed E-state index contributed by atoms with van der Waals surface area (Å²) < 4.78 is 2.35. The van der Waals surface area contributed by atoms with Crippen LogP contribution in [0, 0.1) is 6.92 Å². The van der Waals surface area contributed by atoms with Crippen molar-refractivity contribution >= 4 is 17.0 Å². The molecule has 0 aliphatic carbocycles. The van der Waals surface area contributed by atoms with Crippen molar-refractivity contribution in [1.82, 2.24) is 9.55 Å². The molecular formula is C28H30N2O2. The number of carboxylic acid groups (broad SMARTS) is 1. The van der Waals surface area contributed by atoms with Gasteiger partial charge in [0.15, 0.2) is 0 Å². The zero-order chi connectivity index (χ0) is 22.7. The Morgan fingerprint density at radius 3 is 2.38 bits per heavy atom. The molecule has 0 saturated carbocycles. The predicted octanol–water partition coefficient (Wildman–Crippen LogP) is 6.66. The Hall–Kier alpha value is -3.40. The van der Waals surface area contributed by atoms with Crippen molar-refractivity contribution < 1.29 is 9.90 Å². The highest BCUT2D eigenvalue weighted by Crippen LogP contribution is 2.27. The molecule has 32 heavy (non-hydrogen) atoms. The number of rotatable bonds is 8. The molecule has 4 aromatic rings. The van der Waals surface area contributed by atoms with Crippen molar-refractivity contribution in [1.29, 1.82) is 0 Å². The molecule has 0 atom stereocenters. The van der Waals surface area contributed by atoms with E-state index in [2.05, 4.69) is 49.6 Å². The quantitative estimate of drug-likeness (QED) is 0.343. The number of hydrogen-bond donors (Lipinski definition) is 1. The Labute approximate surface area is 189 Å². The topological polar surface area (TPSA) is 55.1 Å². The first-order chi connectivity index (χ1) is 15.5. The first-order valence-electron chi connectivity index (χ1n) is 11.4. The summed E-state index contributed by atoms with van der Waals surface area (Å²) in [6, 6.07) is 19.9. The van der Waals surface area contributed by atoms with Gasteiger partial charge >= 0.3 is 5.97 Å². The molecule has 4 heteroatoms. The lowest BCUT2D eigenvalue weighted by atomic mass is 9.99. The minimum absolute atomic E-state index is 0.324. The van der Waals surface area contributed by atoms with Gasteiger partial charge in [-0.3, -0.25) is 0 Å². The number of benzene rings is 2. The second-order valence-electron chi connectivity index (χ2n) is 8.44. The molecule has 2 aromatic heterocycles. The van der Waals surface area contributed by atoms with Crippen LogP contribution in [0.2, 0.25) is 0 Å². The summed E-state index contributed by atoms with van der Waals surface area (Å²) in [5.74, 6) is -0.906. The van der Waals surface area contributed by atoms with Crippen LogP contribution in [0.1, 0.15) is 59.6 Å². The number of fused-ring (bicyclic) bond motifs is 1. The van der Waals surface area contributed by atoms with E-state index in [0.29, 0.717) is 5.56 Å². The van der Waals surface area contributed by atoms with Crippen LogP contribution < -0.4 is 0 Å². The van der Waals surface area contributed by atoms with Crippen molar-refractivity contribution in [2.24, 2.45) is 0 Å². The predicted molar refractivity (Wildman–Crippen MR) is 130 cm³/mol. The van der Waals surface area contributed by atoms with Crippen molar-refractivity contribution in [3.63, 3.8) is 0 Å². The van der Waals surface area contributed by atoms with Crippen LogP contribution in [-0.2, 0) is 19.4 Å². The lowest BCUT2D eigenvalue weighted by Crippen LogP contribution is -2.06. The average molecular weight is 427 g/mol. The number of aromatic carboxylic acids is 1. The Morgan fingerprint density at radius 2 is 1.69 bits per heavy atom. The van der Waals surface area contributed by atoms with Gasteiger partial charge < -0.3 is 9.67 Å². The first-order valence-corrected chi connectivity index (χ1v) is 11.4. The van der Waals surface area contributed by atoms with Crippen LogP contribution in [-0.4, -0.2) is 20.6 Å². The molecule has 0 aliphatic heterocycles. The van der Waals surface area contributed by atoms with Gasteiger partial charge in [-0.1, -0.05) is 69.2 Å². The van der Waals surface area contributed by atoms with Gasteiger partial charge in [-0.05, 0) is 60.2 Å². The van der Waals surface area contributed by atoms with Crippen LogP contribution in [0.3, 0.4) is 0 Å². The summed E-state index contributed by atoms with van der Waals surface area (Å²) in [7, 11) is 0. The lowest BCUT2D eigenvalue weighted by Gasteiger charge is -2.12. The largest absolute Gasteiger partial charge is 0.478 e. The van der Waals surface area contributed by atoms with E-state index in [1.807, 2.05) is 24.3 Å². The minimum atomic E-state index is -0.906. The summed E-state index contributed by atoms with van der Waals surface area (Å²) in [5, 5.41) is 10.7. The maximum absolute atomic E-state index is 11.6. The summed E-state index contributed by atoms with van der Waals surface area (Å²) in [6.45, 7) is 7.33. The average Bonchev–Trinajstić information content (AvgIpc) is 3.12. The molecular weight excluding hydrogens is 396 g/mol. The van der Waals surface area contributed by atoms with Gasteiger partial charge in [-0.2, -0.15) is 0 Å². The Balaban J connectivity index is 1.72. The molecule has 1 N–H and O–H groups in total. The fourth-order valence-corrected chi connectivity index (χ4v) is 4.41. The monoisotopic (exact) mass is 426 g/mol. The van der Waals surface area contributed by atoms with Crippen molar-refractivity contribution in [3.05, 3.63) is 88.7 Å². The highest BCUT2D eigenvalue weighted by molar-refractivity contribution is 5.96. The highest BCUT2D eigenvalue weighted by Gasteiger charge is 2.14. The smallest absolute Gasteiger partial charge is 0.336 e. The maximum Gasteiger partial charge on any atom is 0.336 e. The normalized spacial score (nSPS) is 11.2. The molecule has 4 nitrogen and oxygen atoms in total. The summed E-state index contributed by atoms with van der Waals surface area (Å²) in [6.07, 6.45) is 4.17. The van der Waals surface area contributed by atoms with E-state index < -0.39 is 5.97 Å². The number of carboxylic acids is 1. The molecule has 0 spiro atoms. The van der Waals surface area contributed by atoms with Gasteiger partial charge in [0, 0.05) is 23.3 Å². The molecule has 2 heterocycles. The Kier molecular flexibility index (Phi) is 6.40. The second-order valence-corrected chi connectivity index (χ2v) is 8.44. The van der Waals surface area contributed by atoms with Gasteiger partial charge in [-0.15, -0.1) is 0 Å². The minimum Gasteiger partial charge on any atom is -0.478 e. The molecule has 0 fully saturated rings. The van der Waals surface area contributed by atoms with Crippen LogP contribution in [0.15, 0.2) is 60.7 Å². The van der Waals surface area contributed by atoms with E-state index in [9.17, 15) is 9.90 Å². The summed E-state index contributed by atoms with van der Waals surface area (Å²) in [4.78, 5) is 16.6. The molecule has 4 rings (SSSR count). The Morgan fingerprint density at radius 1 is 0.969 bits per heavy atom. The number of pyridine rings is 1. The van der Waals surface area contributed by atoms with Gasteiger partial charge in [0.25, 0.3) is 0 Å². The SMILES string of the molecule is CCCc1cc(C)c2cc(CCC)n(Cc3ccc(-c4ccccc4C(=O)O)cc3)c2n1. The molecule has 0 bridgehead atoms. The number of nitrogens with zero attached hydrogens (tertiary/aromatic N) is 2. The standard InChI is InChI=1S/C28H30N2O2/c1-4-8-22-16-19(3)26-17-23(9-5-2)30(27(26)29-22)18-20-12-14-21(15-13-20)24-10-6-7-11-25(24)28(31)32/h6-7,10-17H,4-5,8-9,18H2,1-3H3,(H,31,32). The van der Waals surface area contributed by atoms with E-state index in [1.54, 1.807) is 12.1 Å². The van der Waals surface area contributed by atoms with E-state index >= 15 is 0 Å². The van der Waals surface area contributed by atoms with Gasteiger partial charge in [-0.25, -0.2) is 9.78 Å². The summed E-state index contributed by atoms with van der Waals surface area (Å²) in [5.41, 5.74) is 7.98. The van der Waals surface area contributed by atoms with E-state index in [4.69, 9.17) is 4.98 Å². The molecule has 0 aliphatic rings. The van der Waals surface area contributed by atoms with Crippen molar-refractivity contribution in [2.45, 2.75) is 53.0 Å². The van der Waals surface area contributed by atoms with Crippen molar-refractivity contribution in [3.8, 4) is 11.1 Å². The molecule has 164 valence electrons. The van der Waals surface area contributed by atoms with Gasteiger partial charge in [0.2, 0.25) is 0 Å². The molecule has 0 unspecified atom stereocenters. The van der Waals surface area contributed by atoms with Crippen LogP contribution >= 0.6 is 0 Å². The number of aryl methyl sites for hydroxylation is 3. The van der Waals surface area contributed by atoms with Crippen molar-refractivity contribution in [2.75, 3.05) is 0 Å². The van der Waals surface area contributed by atoms with Gasteiger partial charge in [0.1, 0.15) is 5.65 Å². The molecule has 2 aromatic carbocycles. The lowest BCUT2D eigenvalue weighted by molar-refractivity contribution is 0.0697. The number of carbonyl (C=O) groups is 1. The highest BCUT2D eigenvalue weighted by atomic mass is 16.4. The van der Waals surface area contributed by atoms with E-state index in [-0.39, 0.29) is 0 Å². The first kappa shape index (κ1) is 21.8. The molecule has 0 radical (unpaired) electrons. The third-order valence-electron chi connectivity index (χ3n) is 5.99. The zero-order valence-electron chi connectivity index (χ0n) is 19.1. The third kappa shape index (κ3) is 4.31. The van der Waals surface area contributed by atoms with Gasteiger partial charge in [0.05, 0.1) is 5.56 Å². The van der Waals surface area contributed by atoms with Crippen LogP contribution in [0.4, 0.5) is 0 Å². The second kappa shape index (κ2) is 9.39. The van der Waals surface area contributed by atoms with E-state index in [1.165, 1.54) is 22.2 Å². The van der Waals surface area contributed by atoms with Crippen LogP contribution in [0.25, 0.3) is 22.2 Å². The number of aromatic nitrogens is 2. The maximum atomic E-state index is 11.6. The fraction of sp³-hybridized carbons (Fsp3) is 0.286. The summed E-state index contributed by atoms with van der Waals surface area (Å²) >= 11 is 0. The third-order valence-corrected chi connectivity index (χ3v) is 5.99. The Bertz CT molecular complexity index is 1250. The zero-order valence-corrected chi connectivity index (χ0v) is 19.1. The molecule has 0 saturated heterocycles. The van der Waals surface area contributed by atoms with Crippen LogP contribution in [0.5, 0.6) is 0 Å². The fourth-order valence-electron chi connectivity index (χ4n) is 4.41.